The number of nitrogens with zero attached hydrogens (tertiary/aromatic N) is 3. The first-order chi connectivity index (χ1) is 9.92. The molecule has 0 saturated carbocycles. The van der Waals surface area contributed by atoms with Crippen molar-refractivity contribution in [3.05, 3.63) is 70.9 Å². The Morgan fingerprint density at radius 3 is 2.80 bits per heavy atom. The lowest BCUT2D eigenvalue weighted by molar-refractivity contribution is 0.437. The lowest BCUT2D eigenvalue weighted by Gasteiger charge is -2.19. The zero-order valence-electron chi connectivity index (χ0n) is 11.0. The van der Waals surface area contributed by atoms with Crippen molar-refractivity contribution in [3.8, 4) is 0 Å². The van der Waals surface area contributed by atoms with Crippen LogP contribution in [-0.4, -0.2) is 14.8 Å². The third kappa shape index (κ3) is 3.31. The fraction of sp³-hybridized carbons (Fsp3) is 0.200. The summed E-state index contributed by atoms with van der Waals surface area (Å²) in [6.45, 7) is 1.63. The maximum Gasteiger partial charge on any atom is 0.137 e. The second kappa shape index (κ2) is 6.45. The van der Waals surface area contributed by atoms with Gasteiger partial charge in [-0.3, -0.25) is 4.68 Å². The van der Waals surface area contributed by atoms with E-state index in [4.69, 9.17) is 0 Å². The van der Waals surface area contributed by atoms with Gasteiger partial charge in [0.2, 0.25) is 0 Å². The maximum atomic E-state index is 4.19. The standard InChI is InChI=1S/C15H16N4S/c1-2-4-14(5-3-1)15(9-19-12-16-11-18-19)17-8-13-6-7-20-10-13/h1-7,10-12,15,17H,8-9H2/t15-/m1/s1. The highest BCUT2D eigenvalue weighted by atomic mass is 32.1. The highest BCUT2D eigenvalue weighted by Crippen LogP contribution is 2.16. The second-order valence-electron chi connectivity index (χ2n) is 4.59. The molecule has 5 heteroatoms. The molecule has 0 spiro atoms. The minimum absolute atomic E-state index is 0.220. The van der Waals surface area contributed by atoms with Gasteiger partial charge in [0.05, 0.1) is 12.6 Å². The van der Waals surface area contributed by atoms with Crippen LogP contribution < -0.4 is 5.32 Å². The SMILES string of the molecule is c1ccc([C@@H](Cn2cncn2)NCc2ccsc2)cc1. The monoisotopic (exact) mass is 284 g/mol. The molecule has 3 rings (SSSR count). The van der Waals surface area contributed by atoms with Crippen LogP contribution in [0, 0.1) is 0 Å². The minimum atomic E-state index is 0.220. The van der Waals surface area contributed by atoms with Crippen molar-refractivity contribution in [2.45, 2.75) is 19.1 Å². The minimum Gasteiger partial charge on any atom is -0.304 e. The van der Waals surface area contributed by atoms with Crippen LogP contribution in [0.2, 0.25) is 0 Å². The molecule has 3 aromatic rings. The van der Waals surface area contributed by atoms with Gasteiger partial charge >= 0.3 is 0 Å². The number of thiophene rings is 1. The molecule has 0 aliphatic rings. The number of aromatic nitrogens is 3. The van der Waals surface area contributed by atoms with E-state index in [-0.39, 0.29) is 6.04 Å². The van der Waals surface area contributed by atoms with E-state index in [1.807, 2.05) is 10.7 Å². The Bertz CT molecular complexity index is 605. The Hall–Kier alpha value is -1.98. The summed E-state index contributed by atoms with van der Waals surface area (Å²) in [5, 5.41) is 12.1. The van der Waals surface area contributed by atoms with E-state index in [1.54, 1.807) is 24.0 Å². The molecule has 0 unspecified atom stereocenters. The van der Waals surface area contributed by atoms with Crippen molar-refractivity contribution in [1.29, 1.82) is 0 Å². The molecule has 102 valence electrons. The number of rotatable bonds is 6. The molecule has 1 atom stereocenters. The fourth-order valence-corrected chi connectivity index (χ4v) is 2.79. The van der Waals surface area contributed by atoms with Crippen LogP contribution in [0.3, 0.4) is 0 Å². The number of nitrogens with one attached hydrogen (secondary N) is 1. The van der Waals surface area contributed by atoms with Gasteiger partial charge < -0.3 is 5.32 Å². The molecule has 0 bridgehead atoms. The normalized spacial score (nSPS) is 12.4. The smallest absolute Gasteiger partial charge is 0.137 e. The summed E-state index contributed by atoms with van der Waals surface area (Å²) in [5.74, 6) is 0. The van der Waals surface area contributed by atoms with E-state index in [0.29, 0.717) is 0 Å². The molecule has 1 aromatic carbocycles. The lowest BCUT2D eigenvalue weighted by atomic mass is 10.1. The number of hydrogen-bond donors (Lipinski definition) is 1. The molecule has 0 aliphatic heterocycles. The predicted octanol–water partition coefficient (Wildman–Crippen LogP) is 2.87. The first-order valence-corrected chi connectivity index (χ1v) is 7.48. The van der Waals surface area contributed by atoms with Gasteiger partial charge in [-0.15, -0.1) is 0 Å². The first kappa shape index (κ1) is 13.0. The summed E-state index contributed by atoms with van der Waals surface area (Å²) in [7, 11) is 0. The highest BCUT2D eigenvalue weighted by molar-refractivity contribution is 7.07. The maximum absolute atomic E-state index is 4.19. The van der Waals surface area contributed by atoms with Crippen molar-refractivity contribution < 1.29 is 0 Å². The van der Waals surface area contributed by atoms with E-state index < -0.39 is 0 Å². The Kier molecular flexibility index (Phi) is 4.20. The number of hydrogen-bond acceptors (Lipinski definition) is 4. The molecule has 0 aliphatic carbocycles. The summed E-state index contributed by atoms with van der Waals surface area (Å²) < 4.78 is 1.86. The van der Waals surface area contributed by atoms with Crippen LogP contribution in [0.5, 0.6) is 0 Å². The second-order valence-corrected chi connectivity index (χ2v) is 5.37. The largest absolute Gasteiger partial charge is 0.304 e. The lowest BCUT2D eigenvalue weighted by Crippen LogP contribution is -2.25. The average molecular weight is 284 g/mol. The van der Waals surface area contributed by atoms with Crippen molar-refractivity contribution in [1.82, 2.24) is 20.1 Å². The van der Waals surface area contributed by atoms with Crippen molar-refractivity contribution in [2.24, 2.45) is 0 Å². The molecule has 2 aromatic heterocycles. The summed E-state index contributed by atoms with van der Waals surface area (Å²) in [6, 6.07) is 12.8. The van der Waals surface area contributed by atoms with Crippen LogP contribution >= 0.6 is 11.3 Å². The van der Waals surface area contributed by atoms with Gasteiger partial charge in [0, 0.05) is 6.54 Å². The summed E-state index contributed by atoms with van der Waals surface area (Å²) in [4.78, 5) is 4.00. The quantitative estimate of drug-likeness (QED) is 0.757. The Balaban J connectivity index is 1.73. The van der Waals surface area contributed by atoms with Crippen LogP contribution in [-0.2, 0) is 13.1 Å². The van der Waals surface area contributed by atoms with Gasteiger partial charge in [-0.25, -0.2) is 4.98 Å². The summed E-state index contributed by atoms with van der Waals surface area (Å²) in [6.07, 6.45) is 3.32. The molecule has 20 heavy (non-hydrogen) atoms. The third-order valence-corrected chi connectivity index (χ3v) is 3.90. The van der Waals surface area contributed by atoms with Crippen molar-refractivity contribution in [2.75, 3.05) is 0 Å². The van der Waals surface area contributed by atoms with E-state index in [0.717, 1.165) is 13.1 Å². The molecular weight excluding hydrogens is 268 g/mol. The number of benzene rings is 1. The van der Waals surface area contributed by atoms with E-state index in [1.165, 1.54) is 11.1 Å². The zero-order chi connectivity index (χ0) is 13.6. The van der Waals surface area contributed by atoms with Crippen molar-refractivity contribution in [3.63, 3.8) is 0 Å². The molecule has 0 radical (unpaired) electrons. The molecule has 0 fully saturated rings. The Morgan fingerprint density at radius 2 is 2.10 bits per heavy atom. The van der Waals surface area contributed by atoms with E-state index >= 15 is 0 Å². The fourth-order valence-electron chi connectivity index (χ4n) is 2.12. The Labute approximate surface area is 122 Å². The van der Waals surface area contributed by atoms with Gasteiger partial charge in [0.15, 0.2) is 0 Å². The van der Waals surface area contributed by atoms with Crippen LogP contribution in [0.25, 0.3) is 0 Å². The van der Waals surface area contributed by atoms with Gasteiger partial charge in [-0.2, -0.15) is 16.4 Å². The van der Waals surface area contributed by atoms with Crippen LogP contribution in [0.1, 0.15) is 17.2 Å². The van der Waals surface area contributed by atoms with Gasteiger partial charge in [0.1, 0.15) is 12.7 Å². The molecule has 0 saturated heterocycles. The summed E-state index contributed by atoms with van der Waals surface area (Å²) >= 11 is 1.72. The molecular formula is C15H16N4S. The summed E-state index contributed by atoms with van der Waals surface area (Å²) in [5.41, 5.74) is 2.58. The topological polar surface area (TPSA) is 42.7 Å². The molecule has 0 amide bonds. The van der Waals surface area contributed by atoms with Gasteiger partial charge in [-0.1, -0.05) is 30.3 Å². The molecule has 4 nitrogen and oxygen atoms in total. The van der Waals surface area contributed by atoms with E-state index in [2.05, 4.69) is 56.5 Å². The zero-order valence-corrected chi connectivity index (χ0v) is 11.8. The molecule has 2 heterocycles. The van der Waals surface area contributed by atoms with Gasteiger partial charge in [-0.05, 0) is 28.0 Å². The van der Waals surface area contributed by atoms with E-state index in [9.17, 15) is 0 Å². The van der Waals surface area contributed by atoms with Crippen molar-refractivity contribution >= 4 is 11.3 Å². The van der Waals surface area contributed by atoms with Crippen LogP contribution in [0.4, 0.5) is 0 Å². The highest BCUT2D eigenvalue weighted by Gasteiger charge is 2.12. The Morgan fingerprint density at radius 1 is 1.20 bits per heavy atom. The van der Waals surface area contributed by atoms with Crippen LogP contribution in [0.15, 0.2) is 59.8 Å². The first-order valence-electron chi connectivity index (χ1n) is 6.53. The predicted molar refractivity (Wildman–Crippen MR) is 80.4 cm³/mol. The third-order valence-electron chi connectivity index (χ3n) is 3.17. The molecule has 1 N–H and O–H groups in total. The van der Waals surface area contributed by atoms with Gasteiger partial charge in [0.25, 0.3) is 0 Å². The average Bonchev–Trinajstić information content (AvgIpc) is 3.18.